The van der Waals surface area contributed by atoms with E-state index in [0.29, 0.717) is 29.9 Å². The van der Waals surface area contributed by atoms with Gasteiger partial charge < -0.3 is 19.6 Å². The first kappa shape index (κ1) is 34.9. The smallest absolute Gasteiger partial charge is 0.179 e. The molecule has 3 aromatic carbocycles. The minimum atomic E-state index is -3.63. The molecule has 2 bridgehead atoms. The molecule has 0 aromatic heterocycles. The molecular formula is C40H56N3O4S+. The minimum Gasteiger partial charge on any atom is -0.489 e. The Balaban J connectivity index is 1.23. The monoisotopic (exact) mass is 674 g/mol. The number of aliphatic hydroxyl groups excluding tert-OH is 1. The highest BCUT2D eigenvalue weighted by Gasteiger charge is 2.49. The van der Waals surface area contributed by atoms with Gasteiger partial charge in [-0.3, -0.25) is 4.90 Å². The van der Waals surface area contributed by atoms with Crippen molar-refractivity contribution in [3.8, 4) is 5.75 Å². The molecule has 3 fully saturated rings. The van der Waals surface area contributed by atoms with Crippen molar-refractivity contribution < 1.29 is 22.7 Å². The summed E-state index contributed by atoms with van der Waals surface area (Å²) in [5.41, 5.74) is 4.27. The molecule has 2 N–H and O–H groups in total. The van der Waals surface area contributed by atoms with Crippen LogP contribution < -0.4 is 10.1 Å². The number of aliphatic hydroxyl groups is 1. The van der Waals surface area contributed by atoms with Crippen molar-refractivity contribution in [2.45, 2.75) is 89.4 Å². The number of sulfone groups is 1. The molecule has 7 rings (SSSR count). The Hall–Kier alpha value is -2.91. The van der Waals surface area contributed by atoms with Crippen molar-refractivity contribution in [3.63, 3.8) is 0 Å². The van der Waals surface area contributed by atoms with Gasteiger partial charge in [0.25, 0.3) is 0 Å². The fourth-order valence-electron chi connectivity index (χ4n) is 8.47. The Morgan fingerprint density at radius 3 is 2.10 bits per heavy atom. The van der Waals surface area contributed by atoms with Gasteiger partial charge in [0, 0.05) is 48.8 Å². The van der Waals surface area contributed by atoms with Gasteiger partial charge >= 0.3 is 0 Å². The molecule has 7 nitrogen and oxygen atoms in total. The first-order valence-electron chi connectivity index (χ1n) is 18.4. The third-order valence-corrected chi connectivity index (χ3v) is 13.4. The van der Waals surface area contributed by atoms with Crippen molar-refractivity contribution in [3.05, 3.63) is 89.0 Å². The van der Waals surface area contributed by atoms with Gasteiger partial charge in [0.05, 0.1) is 36.4 Å². The Labute approximate surface area is 288 Å². The Morgan fingerprint density at radius 1 is 0.875 bits per heavy atom. The quantitative estimate of drug-likeness (QED) is 0.180. The fraction of sp³-hybridized carbons (Fsp3) is 0.550. The number of fused-ring (bicyclic) bond motifs is 4. The van der Waals surface area contributed by atoms with Crippen LogP contribution in [0.25, 0.3) is 0 Å². The van der Waals surface area contributed by atoms with Gasteiger partial charge in [0.2, 0.25) is 0 Å². The maximum absolute atomic E-state index is 14.1. The van der Waals surface area contributed by atoms with E-state index in [0.717, 1.165) is 61.3 Å². The summed E-state index contributed by atoms with van der Waals surface area (Å²) >= 11 is 0. The van der Waals surface area contributed by atoms with Crippen LogP contribution >= 0.6 is 0 Å². The molecule has 4 heterocycles. The molecular weight excluding hydrogens is 619 g/mol. The lowest BCUT2D eigenvalue weighted by molar-refractivity contribution is -0.953. The summed E-state index contributed by atoms with van der Waals surface area (Å²) in [6.45, 7) is 16.1. The lowest BCUT2D eigenvalue weighted by Crippen LogP contribution is -2.66. The van der Waals surface area contributed by atoms with E-state index in [1.54, 1.807) is 6.07 Å². The zero-order chi connectivity index (χ0) is 33.8. The number of unbranched alkanes of at least 4 members (excludes halogenated alkanes) is 2. The van der Waals surface area contributed by atoms with Crippen LogP contribution in [0.1, 0.15) is 87.5 Å². The average molecular weight is 675 g/mol. The molecule has 4 aliphatic rings. The summed E-state index contributed by atoms with van der Waals surface area (Å²) in [6, 6.07) is 22.4. The summed E-state index contributed by atoms with van der Waals surface area (Å²) in [5, 5.41) is 15.8. The number of hydrogen-bond acceptors (Lipinski definition) is 6. The molecule has 0 saturated carbocycles. The maximum Gasteiger partial charge on any atom is 0.179 e. The van der Waals surface area contributed by atoms with Crippen molar-refractivity contribution in [2.24, 2.45) is 5.41 Å². The second-order valence-corrected chi connectivity index (χ2v) is 16.7. The first-order chi connectivity index (χ1) is 23.2. The van der Waals surface area contributed by atoms with Crippen LogP contribution in [-0.2, 0) is 23.0 Å². The number of hydrogen-bond donors (Lipinski definition) is 2. The molecule has 0 aliphatic carbocycles. The predicted octanol–water partition coefficient (Wildman–Crippen LogP) is 6.99. The van der Waals surface area contributed by atoms with Crippen molar-refractivity contribution in [2.75, 3.05) is 56.9 Å². The number of nitrogens with zero attached hydrogens (tertiary/aromatic N) is 2. The summed E-state index contributed by atoms with van der Waals surface area (Å²) in [5.74, 6) is 0.262. The molecule has 0 radical (unpaired) electrons. The van der Waals surface area contributed by atoms with Gasteiger partial charge in [0.15, 0.2) is 9.84 Å². The number of anilines is 1. The van der Waals surface area contributed by atoms with Gasteiger partial charge in [-0.25, -0.2) is 8.42 Å². The van der Waals surface area contributed by atoms with Crippen LogP contribution in [0.4, 0.5) is 5.69 Å². The summed E-state index contributed by atoms with van der Waals surface area (Å²) in [4.78, 5) is 2.93. The molecule has 3 aromatic rings. The van der Waals surface area contributed by atoms with E-state index in [-0.39, 0.29) is 5.75 Å². The standard InChI is InChI=1S/C40H56N3O4S/c1-4-7-19-40(20-8-5-2)30-48(45,46)37-18-15-34(41-6-3)27-36(37)38(39(40)44)33-13-16-35(17-14-33)47-29-32-11-9-31(10-12-32)28-43-24-21-42(22-25-43)23-26-43/h9-18,27,38-39,41,44H,4-8,19-26,28-30H2,1-3H3/q+1/t38-,39-/m1/s1. The number of piperazine rings is 3. The lowest BCUT2D eigenvalue weighted by atomic mass is 9.68. The largest absolute Gasteiger partial charge is 0.489 e. The highest BCUT2D eigenvalue weighted by atomic mass is 32.2. The van der Waals surface area contributed by atoms with Gasteiger partial charge in [-0.2, -0.15) is 0 Å². The average Bonchev–Trinajstić information content (AvgIpc) is 3.17. The predicted molar refractivity (Wildman–Crippen MR) is 194 cm³/mol. The summed E-state index contributed by atoms with van der Waals surface area (Å²) in [7, 11) is -3.63. The van der Waals surface area contributed by atoms with E-state index in [2.05, 4.69) is 48.3 Å². The van der Waals surface area contributed by atoms with Crippen LogP contribution in [0.5, 0.6) is 5.75 Å². The number of quaternary nitrogens is 1. The normalized spacial score (nSPS) is 25.6. The number of nitrogens with one attached hydrogen (secondary N) is 1. The Morgan fingerprint density at radius 2 is 1.50 bits per heavy atom. The zero-order valence-electron chi connectivity index (χ0n) is 29.3. The van der Waals surface area contributed by atoms with E-state index < -0.39 is 27.3 Å². The van der Waals surface area contributed by atoms with Crippen LogP contribution in [0.2, 0.25) is 0 Å². The highest BCUT2D eigenvalue weighted by molar-refractivity contribution is 7.91. The second-order valence-electron chi connectivity index (χ2n) is 14.7. The third kappa shape index (κ3) is 7.47. The molecule has 2 atom stereocenters. The van der Waals surface area contributed by atoms with Gasteiger partial charge in [-0.1, -0.05) is 75.9 Å². The van der Waals surface area contributed by atoms with E-state index >= 15 is 0 Å². The molecule has 8 heteroatoms. The van der Waals surface area contributed by atoms with Gasteiger partial charge in [0.1, 0.15) is 18.9 Å². The molecule has 260 valence electrons. The minimum absolute atomic E-state index is 0.0240. The topological polar surface area (TPSA) is 78.9 Å². The molecule has 3 saturated heterocycles. The van der Waals surface area contributed by atoms with Crippen molar-refractivity contribution in [1.82, 2.24) is 4.90 Å². The molecule has 0 unspecified atom stereocenters. The van der Waals surface area contributed by atoms with E-state index in [1.165, 1.54) is 49.3 Å². The second kappa shape index (κ2) is 14.9. The van der Waals surface area contributed by atoms with Crippen LogP contribution in [-0.4, -0.2) is 80.6 Å². The van der Waals surface area contributed by atoms with Gasteiger partial charge in [-0.15, -0.1) is 0 Å². The van der Waals surface area contributed by atoms with Crippen LogP contribution in [0.15, 0.2) is 71.6 Å². The van der Waals surface area contributed by atoms with E-state index in [9.17, 15) is 13.5 Å². The number of ether oxygens (including phenoxy) is 1. The molecule has 0 amide bonds. The Kier molecular flexibility index (Phi) is 10.9. The Bertz CT molecular complexity index is 1590. The zero-order valence-corrected chi connectivity index (χ0v) is 30.1. The van der Waals surface area contributed by atoms with Crippen LogP contribution in [0.3, 0.4) is 0 Å². The SMILES string of the molecule is CCCCC1(CCCC)CS(=O)(=O)c2ccc(NCC)cc2[C@@H](c2ccc(OCc3ccc(C[N+]45CCN(CC4)CC5)cc3)cc2)[C@H]1O. The molecule has 4 aliphatic heterocycles. The van der Waals surface area contributed by atoms with Gasteiger partial charge in [-0.05, 0) is 66.8 Å². The molecule has 0 spiro atoms. The first-order valence-corrected chi connectivity index (χ1v) is 20.0. The van der Waals surface area contributed by atoms with Crippen molar-refractivity contribution >= 4 is 15.5 Å². The summed E-state index contributed by atoms with van der Waals surface area (Å²) < 4.78 is 35.7. The van der Waals surface area contributed by atoms with E-state index in [4.69, 9.17) is 4.74 Å². The van der Waals surface area contributed by atoms with Crippen LogP contribution in [0, 0.1) is 5.41 Å². The lowest BCUT2D eigenvalue weighted by Gasteiger charge is -2.50. The summed E-state index contributed by atoms with van der Waals surface area (Å²) in [6.07, 6.45) is 4.21. The number of rotatable bonds is 14. The fourth-order valence-corrected chi connectivity index (χ4v) is 10.7. The molecule has 48 heavy (non-hydrogen) atoms. The third-order valence-electron chi connectivity index (χ3n) is 11.4. The maximum atomic E-state index is 14.1. The number of benzene rings is 3. The van der Waals surface area contributed by atoms with Crippen molar-refractivity contribution in [1.29, 1.82) is 0 Å². The van der Waals surface area contributed by atoms with E-state index in [1.807, 2.05) is 43.3 Å². The highest BCUT2D eigenvalue weighted by Crippen LogP contribution is 2.50.